The fraction of sp³-hybridized carbons (Fsp3) is 0.231. The summed E-state index contributed by atoms with van der Waals surface area (Å²) in [7, 11) is 1.67. The van der Waals surface area contributed by atoms with E-state index in [1.165, 1.54) is 5.57 Å². The van der Waals surface area contributed by atoms with Crippen LogP contribution in [0.3, 0.4) is 0 Å². The lowest BCUT2D eigenvalue weighted by atomic mass is 10.1. The number of benzene rings is 1. The van der Waals surface area contributed by atoms with Gasteiger partial charge in [0.05, 0.1) is 7.11 Å². The normalized spacial score (nSPS) is 17.1. The standard InChI is InChI=1S/C13H12O2/c1-14-11-6-5-10-7-9-3-2-4-12(9)15-13(10)8-11/h4-8H,2-3H2,1H3. The van der Waals surface area contributed by atoms with Crippen LogP contribution in [0.1, 0.15) is 18.4 Å². The summed E-state index contributed by atoms with van der Waals surface area (Å²) in [5.74, 6) is 2.76. The van der Waals surface area contributed by atoms with Crippen LogP contribution in [0.2, 0.25) is 0 Å². The van der Waals surface area contributed by atoms with Gasteiger partial charge in [-0.05, 0) is 42.7 Å². The van der Waals surface area contributed by atoms with Gasteiger partial charge in [-0.15, -0.1) is 0 Å². The van der Waals surface area contributed by atoms with Crippen LogP contribution in [0.5, 0.6) is 11.5 Å². The second-order valence-corrected chi connectivity index (χ2v) is 3.78. The van der Waals surface area contributed by atoms with Crippen LogP contribution in [0, 0.1) is 0 Å². The topological polar surface area (TPSA) is 18.5 Å². The molecule has 0 fully saturated rings. The average molecular weight is 200 g/mol. The summed E-state index contributed by atoms with van der Waals surface area (Å²) in [5, 5.41) is 0. The van der Waals surface area contributed by atoms with E-state index in [0.717, 1.165) is 35.7 Å². The van der Waals surface area contributed by atoms with E-state index in [1.807, 2.05) is 18.2 Å². The van der Waals surface area contributed by atoms with Gasteiger partial charge in [-0.2, -0.15) is 0 Å². The first kappa shape index (κ1) is 8.60. The van der Waals surface area contributed by atoms with Crippen molar-refractivity contribution in [3.05, 3.63) is 41.2 Å². The first-order valence-corrected chi connectivity index (χ1v) is 5.14. The zero-order valence-electron chi connectivity index (χ0n) is 8.62. The largest absolute Gasteiger partial charge is 0.497 e. The van der Waals surface area contributed by atoms with Crippen molar-refractivity contribution >= 4 is 6.08 Å². The van der Waals surface area contributed by atoms with E-state index in [-0.39, 0.29) is 0 Å². The number of allylic oxidation sites excluding steroid dienone is 2. The maximum Gasteiger partial charge on any atom is 0.138 e. The Labute approximate surface area is 88.8 Å². The summed E-state index contributed by atoms with van der Waals surface area (Å²) < 4.78 is 11.0. The predicted octanol–water partition coefficient (Wildman–Crippen LogP) is 3.15. The summed E-state index contributed by atoms with van der Waals surface area (Å²) in [5.41, 5.74) is 2.46. The van der Waals surface area contributed by atoms with E-state index >= 15 is 0 Å². The molecule has 1 aliphatic heterocycles. The number of hydrogen-bond acceptors (Lipinski definition) is 2. The lowest BCUT2D eigenvalue weighted by molar-refractivity contribution is 0.401. The minimum Gasteiger partial charge on any atom is -0.497 e. The SMILES string of the molecule is COc1ccc2c(c1)OC1=CCCC1=C2. The quantitative estimate of drug-likeness (QED) is 0.693. The highest BCUT2D eigenvalue weighted by atomic mass is 16.5. The molecule has 2 nitrogen and oxygen atoms in total. The van der Waals surface area contributed by atoms with Crippen molar-refractivity contribution in [3.8, 4) is 11.5 Å². The van der Waals surface area contributed by atoms with Gasteiger partial charge in [0.15, 0.2) is 0 Å². The summed E-state index contributed by atoms with van der Waals surface area (Å²) in [4.78, 5) is 0. The molecule has 0 saturated heterocycles. The number of rotatable bonds is 1. The van der Waals surface area contributed by atoms with Gasteiger partial charge < -0.3 is 9.47 Å². The third-order valence-electron chi connectivity index (χ3n) is 2.83. The van der Waals surface area contributed by atoms with E-state index in [4.69, 9.17) is 9.47 Å². The second-order valence-electron chi connectivity index (χ2n) is 3.78. The van der Waals surface area contributed by atoms with Gasteiger partial charge in [0.25, 0.3) is 0 Å². The van der Waals surface area contributed by atoms with Gasteiger partial charge in [-0.25, -0.2) is 0 Å². The number of ether oxygens (including phenoxy) is 2. The lowest BCUT2D eigenvalue weighted by Gasteiger charge is -2.17. The highest BCUT2D eigenvalue weighted by molar-refractivity contribution is 5.68. The van der Waals surface area contributed by atoms with Crippen molar-refractivity contribution in [2.75, 3.05) is 7.11 Å². The van der Waals surface area contributed by atoms with Gasteiger partial charge in [0.1, 0.15) is 17.3 Å². The Kier molecular flexibility index (Phi) is 1.81. The van der Waals surface area contributed by atoms with Crippen molar-refractivity contribution in [1.82, 2.24) is 0 Å². The molecule has 76 valence electrons. The Morgan fingerprint density at radius 2 is 2.27 bits per heavy atom. The molecule has 0 spiro atoms. The minimum atomic E-state index is 0.837. The summed E-state index contributed by atoms with van der Waals surface area (Å²) in [6.07, 6.45) is 6.54. The van der Waals surface area contributed by atoms with Gasteiger partial charge in [-0.1, -0.05) is 0 Å². The Bertz CT molecular complexity index is 469. The Balaban J connectivity index is 2.09. The molecule has 0 radical (unpaired) electrons. The van der Waals surface area contributed by atoms with Crippen LogP contribution < -0.4 is 9.47 Å². The first-order chi connectivity index (χ1) is 7.36. The van der Waals surface area contributed by atoms with Crippen LogP contribution in [-0.2, 0) is 0 Å². The zero-order valence-corrected chi connectivity index (χ0v) is 8.62. The van der Waals surface area contributed by atoms with E-state index < -0.39 is 0 Å². The van der Waals surface area contributed by atoms with Gasteiger partial charge in [0.2, 0.25) is 0 Å². The molecule has 15 heavy (non-hydrogen) atoms. The molecule has 0 bridgehead atoms. The Morgan fingerprint density at radius 1 is 1.33 bits per heavy atom. The molecule has 2 aliphatic rings. The van der Waals surface area contributed by atoms with E-state index in [1.54, 1.807) is 7.11 Å². The summed E-state index contributed by atoms with van der Waals surface area (Å²) >= 11 is 0. The highest BCUT2D eigenvalue weighted by Gasteiger charge is 2.20. The molecule has 1 aromatic rings. The molecule has 2 heteroatoms. The van der Waals surface area contributed by atoms with Crippen LogP contribution >= 0.6 is 0 Å². The van der Waals surface area contributed by atoms with Crippen LogP contribution in [0.15, 0.2) is 35.6 Å². The van der Waals surface area contributed by atoms with Gasteiger partial charge in [0, 0.05) is 11.6 Å². The molecule has 1 heterocycles. The molecular formula is C13H12O2. The molecular weight excluding hydrogens is 188 g/mol. The monoisotopic (exact) mass is 200 g/mol. The minimum absolute atomic E-state index is 0.837. The Hall–Kier alpha value is -1.70. The maximum absolute atomic E-state index is 5.81. The number of hydrogen-bond donors (Lipinski definition) is 0. The Morgan fingerprint density at radius 3 is 3.13 bits per heavy atom. The van der Waals surface area contributed by atoms with Crippen LogP contribution in [-0.4, -0.2) is 7.11 Å². The third-order valence-corrected chi connectivity index (χ3v) is 2.83. The van der Waals surface area contributed by atoms with Crippen molar-refractivity contribution < 1.29 is 9.47 Å². The van der Waals surface area contributed by atoms with Crippen molar-refractivity contribution in [2.45, 2.75) is 12.8 Å². The third kappa shape index (κ3) is 1.33. The van der Waals surface area contributed by atoms with E-state index in [2.05, 4.69) is 12.2 Å². The van der Waals surface area contributed by atoms with Gasteiger partial charge in [-0.3, -0.25) is 0 Å². The smallest absolute Gasteiger partial charge is 0.138 e. The summed E-state index contributed by atoms with van der Waals surface area (Å²) in [6.45, 7) is 0. The van der Waals surface area contributed by atoms with Crippen molar-refractivity contribution in [3.63, 3.8) is 0 Å². The second kappa shape index (κ2) is 3.16. The molecule has 0 N–H and O–H groups in total. The van der Waals surface area contributed by atoms with Gasteiger partial charge >= 0.3 is 0 Å². The molecule has 0 aromatic heterocycles. The molecule has 0 saturated carbocycles. The molecule has 0 atom stereocenters. The maximum atomic E-state index is 5.81. The zero-order chi connectivity index (χ0) is 10.3. The van der Waals surface area contributed by atoms with Crippen LogP contribution in [0.25, 0.3) is 6.08 Å². The molecule has 1 aliphatic carbocycles. The summed E-state index contributed by atoms with van der Waals surface area (Å²) in [6, 6.07) is 5.93. The fourth-order valence-electron chi connectivity index (χ4n) is 2.02. The average Bonchev–Trinajstić information content (AvgIpc) is 2.72. The molecule has 1 aromatic carbocycles. The predicted molar refractivity (Wildman–Crippen MR) is 58.9 cm³/mol. The highest BCUT2D eigenvalue weighted by Crippen LogP contribution is 2.38. The molecule has 0 amide bonds. The molecule has 0 unspecified atom stereocenters. The van der Waals surface area contributed by atoms with E-state index in [9.17, 15) is 0 Å². The fourth-order valence-corrected chi connectivity index (χ4v) is 2.02. The number of methoxy groups -OCH3 is 1. The first-order valence-electron chi connectivity index (χ1n) is 5.14. The van der Waals surface area contributed by atoms with Crippen molar-refractivity contribution in [1.29, 1.82) is 0 Å². The number of fused-ring (bicyclic) bond motifs is 2. The lowest BCUT2D eigenvalue weighted by Crippen LogP contribution is -2.02. The van der Waals surface area contributed by atoms with E-state index in [0.29, 0.717) is 0 Å². The van der Waals surface area contributed by atoms with Crippen molar-refractivity contribution in [2.24, 2.45) is 0 Å². The molecule has 3 rings (SSSR count). The van der Waals surface area contributed by atoms with Crippen LogP contribution in [0.4, 0.5) is 0 Å².